The van der Waals surface area contributed by atoms with Gasteiger partial charge >= 0.3 is 0 Å². The second-order valence-corrected chi connectivity index (χ2v) is 3.16. The van der Waals surface area contributed by atoms with Gasteiger partial charge in [-0.05, 0) is 13.8 Å². The minimum atomic E-state index is 0.271. The normalized spacial score (nSPS) is 42.9. The Morgan fingerprint density at radius 1 is 1.00 bits per heavy atom. The first-order valence-electron chi connectivity index (χ1n) is 3.93. The van der Waals surface area contributed by atoms with Crippen LogP contribution in [0.2, 0.25) is 0 Å². The van der Waals surface area contributed by atoms with Gasteiger partial charge in [-0.25, -0.2) is 0 Å². The van der Waals surface area contributed by atoms with Crippen LogP contribution in [0.15, 0.2) is 0 Å². The Morgan fingerprint density at radius 3 is 2.40 bits per heavy atom. The third-order valence-electron chi connectivity index (χ3n) is 2.04. The van der Waals surface area contributed by atoms with E-state index in [-0.39, 0.29) is 6.10 Å². The molecule has 2 nitrogen and oxygen atoms in total. The van der Waals surface area contributed by atoms with Crippen molar-refractivity contribution < 1.29 is 9.47 Å². The van der Waals surface area contributed by atoms with Crippen LogP contribution in [0, 0.1) is 5.92 Å². The second kappa shape index (κ2) is 3.35. The topological polar surface area (TPSA) is 18.5 Å². The molecule has 0 spiro atoms. The Bertz CT molecular complexity index is 91.4. The zero-order valence-electron chi connectivity index (χ0n) is 6.96. The molecule has 1 heterocycles. The molecule has 0 aromatic carbocycles. The summed E-state index contributed by atoms with van der Waals surface area (Å²) in [5, 5.41) is 0. The molecular formula is C8H16O2. The van der Waals surface area contributed by atoms with Crippen LogP contribution in [-0.2, 0) is 9.47 Å². The number of hydrogen-bond donors (Lipinski definition) is 0. The number of rotatable bonds is 0. The van der Waals surface area contributed by atoms with E-state index >= 15 is 0 Å². The van der Waals surface area contributed by atoms with Gasteiger partial charge in [0.2, 0.25) is 0 Å². The molecular weight excluding hydrogens is 128 g/mol. The minimum Gasteiger partial charge on any atom is -0.376 e. The Hall–Kier alpha value is -0.0800. The van der Waals surface area contributed by atoms with Crippen LogP contribution >= 0.6 is 0 Å². The largest absolute Gasteiger partial charge is 0.376 e. The lowest BCUT2D eigenvalue weighted by Crippen LogP contribution is -2.18. The molecule has 0 aromatic rings. The number of ether oxygens (including phenoxy) is 2. The lowest BCUT2D eigenvalue weighted by Gasteiger charge is -2.14. The molecule has 1 saturated heterocycles. The van der Waals surface area contributed by atoms with E-state index < -0.39 is 0 Å². The SMILES string of the molecule is CC1OC[C@H](C)OC[C@@H]1C. The van der Waals surface area contributed by atoms with Gasteiger partial charge in [0.1, 0.15) is 0 Å². The third kappa shape index (κ3) is 1.96. The summed E-state index contributed by atoms with van der Waals surface area (Å²) in [5.41, 5.74) is 0. The molecule has 1 unspecified atom stereocenters. The van der Waals surface area contributed by atoms with Gasteiger partial charge in [-0.2, -0.15) is 0 Å². The second-order valence-electron chi connectivity index (χ2n) is 3.16. The highest BCUT2D eigenvalue weighted by molar-refractivity contribution is 4.65. The lowest BCUT2D eigenvalue weighted by molar-refractivity contribution is 0.0197. The van der Waals surface area contributed by atoms with Crippen molar-refractivity contribution in [3.63, 3.8) is 0 Å². The minimum absolute atomic E-state index is 0.271. The van der Waals surface area contributed by atoms with Gasteiger partial charge in [-0.3, -0.25) is 0 Å². The predicted octanol–water partition coefficient (Wildman–Crippen LogP) is 1.45. The standard InChI is InChI=1S/C8H16O2/c1-6-4-9-7(2)5-10-8(6)3/h6-8H,4-5H2,1-3H3/t6-,7-,8?/m0/s1. The fourth-order valence-electron chi connectivity index (χ4n) is 0.951. The smallest absolute Gasteiger partial charge is 0.0780 e. The fraction of sp³-hybridized carbons (Fsp3) is 1.00. The van der Waals surface area contributed by atoms with Gasteiger partial charge in [0, 0.05) is 5.92 Å². The van der Waals surface area contributed by atoms with Crippen LogP contribution in [0.25, 0.3) is 0 Å². The Kier molecular flexibility index (Phi) is 2.69. The maximum Gasteiger partial charge on any atom is 0.0780 e. The quantitative estimate of drug-likeness (QED) is 0.512. The monoisotopic (exact) mass is 144 g/mol. The van der Waals surface area contributed by atoms with E-state index in [4.69, 9.17) is 9.47 Å². The fourth-order valence-corrected chi connectivity index (χ4v) is 0.951. The van der Waals surface area contributed by atoms with Crippen molar-refractivity contribution in [2.24, 2.45) is 5.92 Å². The molecule has 1 fully saturated rings. The van der Waals surface area contributed by atoms with Crippen LogP contribution in [0.1, 0.15) is 20.8 Å². The van der Waals surface area contributed by atoms with Crippen LogP contribution in [0.4, 0.5) is 0 Å². The summed E-state index contributed by atoms with van der Waals surface area (Å²) in [6.07, 6.45) is 0.623. The van der Waals surface area contributed by atoms with Crippen LogP contribution in [-0.4, -0.2) is 25.4 Å². The molecule has 3 atom stereocenters. The average molecular weight is 144 g/mol. The molecule has 0 bridgehead atoms. The molecule has 1 aliphatic heterocycles. The maximum absolute atomic E-state index is 5.50. The number of hydrogen-bond acceptors (Lipinski definition) is 2. The van der Waals surface area contributed by atoms with Crippen LogP contribution in [0.3, 0.4) is 0 Å². The lowest BCUT2D eigenvalue weighted by atomic mass is 10.1. The third-order valence-corrected chi connectivity index (χ3v) is 2.04. The van der Waals surface area contributed by atoms with Crippen molar-refractivity contribution in [1.82, 2.24) is 0 Å². The molecule has 2 heteroatoms. The summed E-state index contributed by atoms with van der Waals surface area (Å²) in [6.45, 7) is 7.88. The van der Waals surface area contributed by atoms with E-state index in [9.17, 15) is 0 Å². The molecule has 0 radical (unpaired) electrons. The van der Waals surface area contributed by atoms with Crippen molar-refractivity contribution in [2.75, 3.05) is 13.2 Å². The molecule has 1 aliphatic rings. The van der Waals surface area contributed by atoms with Gasteiger partial charge < -0.3 is 9.47 Å². The van der Waals surface area contributed by atoms with Crippen molar-refractivity contribution in [1.29, 1.82) is 0 Å². The zero-order chi connectivity index (χ0) is 7.56. The highest BCUT2D eigenvalue weighted by Crippen LogP contribution is 2.13. The van der Waals surface area contributed by atoms with E-state index in [1.807, 2.05) is 6.92 Å². The summed E-state index contributed by atoms with van der Waals surface area (Å²) < 4.78 is 11.0. The maximum atomic E-state index is 5.50. The molecule has 0 saturated carbocycles. The van der Waals surface area contributed by atoms with Gasteiger partial charge in [0.05, 0.1) is 25.4 Å². The molecule has 0 aromatic heterocycles. The van der Waals surface area contributed by atoms with E-state index in [1.54, 1.807) is 0 Å². The molecule has 0 N–H and O–H groups in total. The molecule has 60 valence electrons. The van der Waals surface area contributed by atoms with Gasteiger partial charge in [-0.1, -0.05) is 6.92 Å². The van der Waals surface area contributed by atoms with E-state index in [1.165, 1.54) is 0 Å². The van der Waals surface area contributed by atoms with Crippen LogP contribution < -0.4 is 0 Å². The summed E-state index contributed by atoms with van der Waals surface area (Å²) in [5.74, 6) is 0.532. The first-order chi connectivity index (χ1) is 4.70. The van der Waals surface area contributed by atoms with Gasteiger partial charge in [0.25, 0.3) is 0 Å². The predicted molar refractivity (Wildman–Crippen MR) is 40.0 cm³/mol. The van der Waals surface area contributed by atoms with Crippen molar-refractivity contribution in [2.45, 2.75) is 33.0 Å². The van der Waals surface area contributed by atoms with Gasteiger partial charge in [0.15, 0.2) is 0 Å². The Balaban J connectivity index is 2.38. The van der Waals surface area contributed by atoms with Crippen molar-refractivity contribution in [3.8, 4) is 0 Å². The van der Waals surface area contributed by atoms with E-state index in [0.717, 1.165) is 13.2 Å². The highest BCUT2D eigenvalue weighted by atomic mass is 16.5. The molecule has 0 amide bonds. The Labute approximate surface area is 62.5 Å². The first-order valence-corrected chi connectivity index (χ1v) is 3.93. The van der Waals surface area contributed by atoms with E-state index in [2.05, 4.69) is 13.8 Å². The zero-order valence-corrected chi connectivity index (χ0v) is 6.96. The molecule has 0 aliphatic carbocycles. The summed E-state index contributed by atoms with van der Waals surface area (Å²) in [4.78, 5) is 0. The summed E-state index contributed by atoms with van der Waals surface area (Å²) in [7, 11) is 0. The van der Waals surface area contributed by atoms with Gasteiger partial charge in [-0.15, -0.1) is 0 Å². The summed E-state index contributed by atoms with van der Waals surface area (Å²) >= 11 is 0. The van der Waals surface area contributed by atoms with Crippen molar-refractivity contribution in [3.05, 3.63) is 0 Å². The molecule has 10 heavy (non-hydrogen) atoms. The Morgan fingerprint density at radius 2 is 1.70 bits per heavy atom. The van der Waals surface area contributed by atoms with E-state index in [0.29, 0.717) is 12.0 Å². The summed E-state index contributed by atoms with van der Waals surface area (Å²) in [6, 6.07) is 0. The average Bonchev–Trinajstić information content (AvgIpc) is 2.04. The van der Waals surface area contributed by atoms with Crippen molar-refractivity contribution >= 4 is 0 Å². The first kappa shape index (κ1) is 8.02. The van der Waals surface area contributed by atoms with Crippen LogP contribution in [0.5, 0.6) is 0 Å². The highest BCUT2D eigenvalue weighted by Gasteiger charge is 2.19. The molecule has 1 rings (SSSR count).